The summed E-state index contributed by atoms with van der Waals surface area (Å²) in [5.41, 5.74) is 8.05. The Kier molecular flexibility index (Phi) is 3.08. The van der Waals surface area contributed by atoms with Gasteiger partial charge in [0, 0.05) is 10.6 Å². The fourth-order valence-electron chi connectivity index (χ4n) is 1.87. The van der Waals surface area contributed by atoms with Gasteiger partial charge in [-0.3, -0.25) is 0 Å². The summed E-state index contributed by atoms with van der Waals surface area (Å²) < 4.78 is 11.1. The van der Waals surface area contributed by atoms with Crippen LogP contribution in [0.15, 0.2) is 50.2 Å². The molecule has 3 rings (SSSR count). The quantitative estimate of drug-likeness (QED) is 0.741. The molecule has 0 aliphatic carbocycles. The van der Waals surface area contributed by atoms with Crippen molar-refractivity contribution < 1.29 is 8.94 Å². The smallest absolute Gasteiger partial charge is 0.181 e. The Morgan fingerprint density at radius 3 is 2.63 bits per heavy atom. The lowest BCUT2D eigenvalue weighted by molar-refractivity contribution is 0.434. The van der Waals surface area contributed by atoms with E-state index in [0.717, 1.165) is 11.1 Å². The number of nitrogen functional groups attached to an aromatic ring is 1. The number of aromatic nitrogens is 1. The molecular weight excluding hydrogens is 332 g/mol. The zero-order valence-corrected chi connectivity index (χ0v) is 11.9. The second kappa shape index (κ2) is 4.75. The molecule has 0 aliphatic rings. The molecule has 6 heteroatoms. The van der Waals surface area contributed by atoms with Crippen LogP contribution in [-0.4, -0.2) is 5.16 Å². The zero-order valence-electron chi connectivity index (χ0n) is 9.56. The van der Waals surface area contributed by atoms with Crippen LogP contribution in [0.1, 0.15) is 0 Å². The summed E-state index contributed by atoms with van der Waals surface area (Å²) in [5, 5.41) is 4.39. The number of halogens is 2. The molecule has 2 heterocycles. The Balaban J connectivity index is 2.26. The van der Waals surface area contributed by atoms with Crippen molar-refractivity contribution in [2.75, 3.05) is 5.73 Å². The minimum Gasteiger partial charge on any atom is -0.457 e. The first-order valence-corrected chi connectivity index (χ1v) is 6.59. The number of hydrogen-bond acceptors (Lipinski definition) is 4. The van der Waals surface area contributed by atoms with E-state index in [4.69, 9.17) is 26.3 Å². The molecule has 3 aromatic rings. The van der Waals surface area contributed by atoms with E-state index in [-0.39, 0.29) is 5.82 Å². The van der Waals surface area contributed by atoms with Gasteiger partial charge in [-0.2, -0.15) is 0 Å². The van der Waals surface area contributed by atoms with Crippen LogP contribution in [0.25, 0.3) is 22.5 Å². The van der Waals surface area contributed by atoms with Crippen molar-refractivity contribution in [3.05, 3.63) is 46.3 Å². The Morgan fingerprint density at radius 1 is 1.16 bits per heavy atom. The minimum atomic E-state index is 0.288. The van der Waals surface area contributed by atoms with E-state index in [1.165, 1.54) is 0 Å². The number of nitrogens with zero attached hydrogens (tertiary/aromatic N) is 1. The third-order valence-corrected chi connectivity index (χ3v) is 3.67. The maximum atomic E-state index is 6.20. The molecule has 0 amide bonds. The Hall–Kier alpha value is -1.72. The molecule has 96 valence electrons. The van der Waals surface area contributed by atoms with E-state index < -0.39 is 0 Å². The second-order valence-corrected chi connectivity index (χ2v) is 4.99. The first kappa shape index (κ1) is 12.3. The first-order valence-electron chi connectivity index (χ1n) is 5.42. The van der Waals surface area contributed by atoms with Crippen molar-refractivity contribution in [3.63, 3.8) is 0 Å². The second-order valence-electron chi connectivity index (χ2n) is 3.86. The summed E-state index contributed by atoms with van der Waals surface area (Å²) in [4.78, 5) is 0. The summed E-state index contributed by atoms with van der Waals surface area (Å²) in [5.74, 6) is 0.808. The third kappa shape index (κ3) is 2.05. The topological polar surface area (TPSA) is 65.2 Å². The van der Waals surface area contributed by atoms with E-state index in [9.17, 15) is 0 Å². The van der Waals surface area contributed by atoms with E-state index in [2.05, 4.69) is 21.1 Å². The van der Waals surface area contributed by atoms with Gasteiger partial charge in [0.15, 0.2) is 16.2 Å². The van der Waals surface area contributed by atoms with Gasteiger partial charge in [-0.25, -0.2) is 0 Å². The van der Waals surface area contributed by atoms with Gasteiger partial charge in [0.25, 0.3) is 0 Å². The highest BCUT2D eigenvalue weighted by Gasteiger charge is 2.22. The van der Waals surface area contributed by atoms with Gasteiger partial charge in [-0.05, 0) is 28.1 Å². The van der Waals surface area contributed by atoms with Crippen molar-refractivity contribution in [1.82, 2.24) is 5.16 Å². The number of nitrogens with two attached hydrogens (primary N) is 1. The molecule has 0 saturated carbocycles. The van der Waals surface area contributed by atoms with Crippen LogP contribution in [0.5, 0.6) is 0 Å². The molecule has 4 nitrogen and oxygen atoms in total. The fourth-order valence-corrected chi connectivity index (χ4v) is 2.52. The van der Waals surface area contributed by atoms with Crippen LogP contribution in [0.2, 0.25) is 5.02 Å². The normalized spacial score (nSPS) is 10.8. The SMILES string of the molecule is Nc1noc(-c2ccoc2Br)c1-c1ccccc1Cl. The first-order chi connectivity index (χ1) is 9.18. The lowest BCUT2D eigenvalue weighted by atomic mass is 10.0. The van der Waals surface area contributed by atoms with Crippen molar-refractivity contribution in [3.8, 4) is 22.5 Å². The molecule has 1 aromatic carbocycles. The lowest BCUT2D eigenvalue weighted by Crippen LogP contribution is -1.89. The van der Waals surface area contributed by atoms with Crippen LogP contribution in [0.3, 0.4) is 0 Å². The minimum absolute atomic E-state index is 0.288. The van der Waals surface area contributed by atoms with Gasteiger partial charge in [0.1, 0.15) is 0 Å². The molecule has 0 unspecified atom stereocenters. The van der Waals surface area contributed by atoms with E-state index in [1.54, 1.807) is 18.4 Å². The largest absolute Gasteiger partial charge is 0.457 e. The number of furan rings is 1. The van der Waals surface area contributed by atoms with Crippen molar-refractivity contribution >= 4 is 33.3 Å². The summed E-state index contributed by atoms with van der Waals surface area (Å²) in [6.45, 7) is 0. The Bertz CT molecular complexity index is 736. The fraction of sp³-hybridized carbons (Fsp3) is 0. The van der Waals surface area contributed by atoms with Crippen LogP contribution < -0.4 is 5.73 Å². The lowest BCUT2D eigenvalue weighted by Gasteiger charge is -2.03. The predicted octanol–water partition coefficient (Wildman–Crippen LogP) is 4.60. The van der Waals surface area contributed by atoms with E-state index in [0.29, 0.717) is 21.0 Å². The average molecular weight is 340 g/mol. The molecule has 0 aliphatic heterocycles. The number of benzene rings is 1. The molecule has 0 saturated heterocycles. The number of anilines is 1. The molecular formula is C13H8BrClN2O2. The highest BCUT2D eigenvalue weighted by atomic mass is 79.9. The van der Waals surface area contributed by atoms with Crippen molar-refractivity contribution in [2.45, 2.75) is 0 Å². The van der Waals surface area contributed by atoms with E-state index >= 15 is 0 Å². The number of hydrogen-bond donors (Lipinski definition) is 1. The van der Waals surface area contributed by atoms with Gasteiger partial charge in [0.2, 0.25) is 0 Å². The van der Waals surface area contributed by atoms with Crippen molar-refractivity contribution in [2.24, 2.45) is 0 Å². The van der Waals surface area contributed by atoms with Gasteiger partial charge in [-0.1, -0.05) is 35.0 Å². The highest BCUT2D eigenvalue weighted by Crippen LogP contribution is 2.42. The molecule has 0 fully saturated rings. The Morgan fingerprint density at radius 2 is 1.95 bits per heavy atom. The zero-order chi connectivity index (χ0) is 13.4. The van der Waals surface area contributed by atoms with Gasteiger partial charge < -0.3 is 14.7 Å². The Labute approximate surface area is 122 Å². The maximum absolute atomic E-state index is 6.20. The summed E-state index contributed by atoms with van der Waals surface area (Å²) in [7, 11) is 0. The average Bonchev–Trinajstić information content (AvgIpc) is 2.96. The molecule has 0 radical (unpaired) electrons. The monoisotopic (exact) mass is 338 g/mol. The van der Waals surface area contributed by atoms with E-state index in [1.807, 2.05) is 18.2 Å². The van der Waals surface area contributed by atoms with Crippen LogP contribution in [0, 0.1) is 0 Å². The van der Waals surface area contributed by atoms with Crippen molar-refractivity contribution in [1.29, 1.82) is 0 Å². The highest BCUT2D eigenvalue weighted by molar-refractivity contribution is 9.10. The van der Waals surface area contributed by atoms with Crippen LogP contribution in [-0.2, 0) is 0 Å². The molecule has 0 bridgehead atoms. The summed E-state index contributed by atoms with van der Waals surface area (Å²) in [6.07, 6.45) is 1.55. The number of rotatable bonds is 2. The maximum Gasteiger partial charge on any atom is 0.181 e. The third-order valence-electron chi connectivity index (χ3n) is 2.72. The predicted molar refractivity (Wildman–Crippen MR) is 76.8 cm³/mol. The molecule has 0 spiro atoms. The molecule has 0 atom stereocenters. The van der Waals surface area contributed by atoms with Gasteiger partial charge in [0.05, 0.1) is 17.4 Å². The molecule has 2 N–H and O–H groups in total. The van der Waals surface area contributed by atoms with Gasteiger partial charge >= 0.3 is 0 Å². The van der Waals surface area contributed by atoms with Crippen LogP contribution >= 0.6 is 27.5 Å². The molecule has 2 aromatic heterocycles. The van der Waals surface area contributed by atoms with Gasteiger partial charge in [-0.15, -0.1) is 0 Å². The van der Waals surface area contributed by atoms with Crippen LogP contribution in [0.4, 0.5) is 5.82 Å². The summed E-state index contributed by atoms with van der Waals surface area (Å²) in [6, 6.07) is 9.15. The standard InChI is InChI=1S/C13H8BrClN2O2/c14-12-8(5-6-18-12)11-10(13(16)17-19-11)7-3-1-2-4-9(7)15/h1-6H,(H2,16,17). The molecule has 19 heavy (non-hydrogen) atoms. The summed E-state index contributed by atoms with van der Waals surface area (Å²) >= 11 is 9.51.